The third kappa shape index (κ3) is 3.37. The number of rotatable bonds is 5. The van der Waals surface area contributed by atoms with Gasteiger partial charge in [-0.3, -0.25) is 0 Å². The van der Waals surface area contributed by atoms with E-state index in [4.69, 9.17) is 4.74 Å². The Morgan fingerprint density at radius 3 is 2.29 bits per heavy atom. The van der Waals surface area contributed by atoms with Crippen LogP contribution < -0.4 is 9.46 Å². The Morgan fingerprint density at radius 2 is 1.67 bits per heavy atom. The third-order valence-corrected chi connectivity index (χ3v) is 4.28. The van der Waals surface area contributed by atoms with Crippen LogP contribution >= 0.6 is 0 Å². The van der Waals surface area contributed by atoms with Crippen molar-refractivity contribution < 1.29 is 21.9 Å². The van der Waals surface area contributed by atoms with Crippen LogP contribution in [0.1, 0.15) is 5.56 Å². The van der Waals surface area contributed by atoms with Gasteiger partial charge in [0.15, 0.2) is 4.90 Å². The lowest BCUT2D eigenvalue weighted by molar-refractivity contribution is 0.409. The first-order valence-corrected chi connectivity index (χ1v) is 7.49. The Hall–Kier alpha value is -1.99. The molecule has 2 aromatic rings. The Bertz CT molecular complexity index is 727. The van der Waals surface area contributed by atoms with Crippen molar-refractivity contribution in [3.63, 3.8) is 0 Å². The highest BCUT2D eigenvalue weighted by molar-refractivity contribution is 7.89. The van der Waals surface area contributed by atoms with Crippen LogP contribution in [-0.4, -0.2) is 15.5 Å². The van der Waals surface area contributed by atoms with E-state index in [-0.39, 0.29) is 6.54 Å². The smallest absolute Gasteiger partial charge is 0.246 e. The van der Waals surface area contributed by atoms with E-state index in [9.17, 15) is 17.2 Å². The van der Waals surface area contributed by atoms with E-state index in [1.165, 1.54) is 7.11 Å². The average molecular weight is 313 g/mol. The van der Waals surface area contributed by atoms with Gasteiger partial charge in [0.2, 0.25) is 10.0 Å². The van der Waals surface area contributed by atoms with E-state index >= 15 is 0 Å². The number of nitrogens with one attached hydrogen (secondary N) is 1. The molecule has 1 N–H and O–H groups in total. The summed E-state index contributed by atoms with van der Waals surface area (Å²) < 4.78 is 58.3. The highest BCUT2D eigenvalue weighted by atomic mass is 32.2. The van der Waals surface area contributed by atoms with Crippen molar-refractivity contribution in [1.82, 2.24) is 4.72 Å². The standard InChI is InChI=1S/C14H13F2NO3S/c1-20-13-8-3-2-5-10(13)9-17-21(18,19)14-11(15)6-4-7-12(14)16/h2-8,17H,9H2,1H3. The van der Waals surface area contributed by atoms with E-state index in [0.29, 0.717) is 11.3 Å². The fourth-order valence-electron chi connectivity index (χ4n) is 1.83. The van der Waals surface area contributed by atoms with Crippen LogP contribution in [0.15, 0.2) is 47.4 Å². The van der Waals surface area contributed by atoms with Crippen LogP contribution in [0.2, 0.25) is 0 Å². The summed E-state index contributed by atoms with van der Waals surface area (Å²) in [4.78, 5) is -0.986. The van der Waals surface area contributed by atoms with Gasteiger partial charge < -0.3 is 4.74 Å². The number of halogens is 2. The lowest BCUT2D eigenvalue weighted by atomic mass is 10.2. The molecule has 0 radical (unpaired) electrons. The van der Waals surface area contributed by atoms with Gasteiger partial charge >= 0.3 is 0 Å². The van der Waals surface area contributed by atoms with Gasteiger partial charge in [0, 0.05) is 12.1 Å². The monoisotopic (exact) mass is 313 g/mol. The van der Waals surface area contributed by atoms with Crippen LogP contribution in [0.3, 0.4) is 0 Å². The number of hydrogen-bond acceptors (Lipinski definition) is 3. The van der Waals surface area contributed by atoms with Crippen molar-refractivity contribution in [2.45, 2.75) is 11.4 Å². The van der Waals surface area contributed by atoms with E-state index in [1.54, 1.807) is 24.3 Å². The van der Waals surface area contributed by atoms with Crippen molar-refractivity contribution >= 4 is 10.0 Å². The van der Waals surface area contributed by atoms with Crippen LogP contribution in [0.4, 0.5) is 8.78 Å². The first-order chi connectivity index (χ1) is 9.95. The maximum atomic E-state index is 13.5. The van der Waals surface area contributed by atoms with E-state index in [0.717, 1.165) is 18.2 Å². The second-order valence-electron chi connectivity index (χ2n) is 4.19. The molecule has 7 heteroatoms. The zero-order valence-electron chi connectivity index (χ0n) is 11.1. The van der Waals surface area contributed by atoms with Crippen LogP contribution in [0.25, 0.3) is 0 Å². The highest BCUT2D eigenvalue weighted by Gasteiger charge is 2.23. The molecule has 0 spiro atoms. The van der Waals surface area contributed by atoms with E-state index in [1.807, 2.05) is 0 Å². The summed E-state index contributed by atoms with van der Waals surface area (Å²) in [6.07, 6.45) is 0. The second kappa shape index (κ2) is 6.19. The zero-order valence-corrected chi connectivity index (χ0v) is 12.0. The quantitative estimate of drug-likeness (QED) is 0.922. The van der Waals surface area contributed by atoms with E-state index in [2.05, 4.69) is 4.72 Å². The molecule has 0 aromatic heterocycles. The molecule has 0 saturated heterocycles. The van der Waals surface area contributed by atoms with Crippen molar-refractivity contribution in [2.75, 3.05) is 7.11 Å². The summed E-state index contributed by atoms with van der Waals surface area (Å²) in [6, 6.07) is 9.63. The first kappa shape index (κ1) is 15.4. The van der Waals surface area contributed by atoms with Gasteiger partial charge in [-0.15, -0.1) is 0 Å². The van der Waals surface area contributed by atoms with E-state index < -0.39 is 26.6 Å². The molecule has 2 rings (SSSR count). The number of hydrogen-bond donors (Lipinski definition) is 1. The Labute approximate surface area is 121 Å². The van der Waals surface area contributed by atoms with Crippen LogP contribution in [0.5, 0.6) is 5.75 Å². The summed E-state index contributed by atoms with van der Waals surface area (Å²) in [5.74, 6) is -1.79. The van der Waals surface area contributed by atoms with Crippen molar-refractivity contribution in [1.29, 1.82) is 0 Å². The number of ether oxygens (including phenoxy) is 1. The van der Waals surface area contributed by atoms with Crippen LogP contribution in [0, 0.1) is 11.6 Å². The van der Waals surface area contributed by atoms with Crippen molar-refractivity contribution in [2.24, 2.45) is 0 Å². The van der Waals surface area contributed by atoms with Gasteiger partial charge in [-0.25, -0.2) is 21.9 Å². The van der Waals surface area contributed by atoms with Gasteiger partial charge in [0.1, 0.15) is 17.4 Å². The maximum absolute atomic E-state index is 13.5. The molecular formula is C14H13F2NO3S. The number of benzene rings is 2. The second-order valence-corrected chi connectivity index (χ2v) is 5.89. The molecule has 4 nitrogen and oxygen atoms in total. The molecule has 0 saturated carbocycles. The van der Waals surface area contributed by atoms with Gasteiger partial charge in [-0.2, -0.15) is 0 Å². The predicted molar refractivity (Wildman–Crippen MR) is 73.4 cm³/mol. The molecule has 112 valence electrons. The topological polar surface area (TPSA) is 55.4 Å². The minimum absolute atomic E-state index is 0.139. The molecule has 0 unspecified atom stereocenters. The predicted octanol–water partition coefficient (Wildman–Crippen LogP) is 2.45. The summed E-state index contributed by atoms with van der Waals surface area (Å²) in [7, 11) is -2.85. The highest BCUT2D eigenvalue weighted by Crippen LogP contribution is 2.20. The maximum Gasteiger partial charge on any atom is 0.246 e. The van der Waals surface area contributed by atoms with Gasteiger partial charge in [-0.1, -0.05) is 24.3 Å². The van der Waals surface area contributed by atoms with Crippen molar-refractivity contribution in [3.8, 4) is 5.75 Å². The Balaban J connectivity index is 2.27. The molecular weight excluding hydrogens is 300 g/mol. The first-order valence-electron chi connectivity index (χ1n) is 6.01. The minimum atomic E-state index is -4.30. The van der Waals surface area contributed by atoms with Crippen LogP contribution in [-0.2, 0) is 16.6 Å². The molecule has 0 aliphatic heterocycles. The zero-order chi connectivity index (χ0) is 15.5. The SMILES string of the molecule is COc1ccccc1CNS(=O)(=O)c1c(F)cccc1F. The fraction of sp³-hybridized carbons (Fsp3) is 0.143. The average Bonchev–Trinajstić information content (AvgIpc) is 2.45. The Morgan fingerprint density at radius 1 is 1.05 bits per heavy atom. The molecule has 0 bridgehead atoms. The van der Waals surface area contributed by atoms with Gasteiger partial charge in [0.25, 0.3) is 0 Å². The summed E-state index contributed by atoms with van der Waals surface area (Å²) in [5, 5.41) is 0. The molecule has 0 heterocycles. The summed E-state index contributed by atoms with van der Waals surface area (Å²) >= 11 is 0. The molecule has 2 aromatic carbocycles. The molecule has 0 aliphatic rings. The normalized spacial score (nSPS) is 11.4. The Kier molecular flexibility index (Phi) is 4.54. The number of methoxy groups -OCH3 is 1. The molecule has 0 atom stereocenters. The van der Waals surface area contributed by atoms with Crippen molar-refractivity contribution in [3.05, 3.63) is 59.7 Å². The molecule has 0 fully saturated rings. The fourth-order valence-corrected chi connectivity index (χ4v) is 2.97. The summed E-state index contributed by atoms with van der Waals surface area (Å²) in [6.45, 7) is -0.139. The minimum Gasteiger partial charge on any atom is -0.496 e. The summed E-state index contributed by atoms with van der Waals surface area (Å²) in [5.41, 5.74) is 0.556. The van der Waals surface area contributed by atoms with Gasteiger partial charge in [0.05, 0.1) is 7.11 Å². The lowest BCUT2D eigenvalue weighted by Gasteiger charge is -2.11. The largest absolute Gasteiger partial charge is 0.496 e. The molecule has 0 aliphatic carbocycles. The molecule has 0 amide bonds. The number of para-hydroxylation sites is 1. The number of sulfonamides is 1. The lowest BCUT2D eigenvalue weighted by Crippen LogP contribution is -2.25. The van der Waals surface area contributed by atoms with Gasteiger partial charge in [-0.05, 0) is 18.2 Å². The third-order valence-electron chi connectivity index (χ3n) is 2.83. The molecule has 21 heavy (non-hydrogen) atoms.